The molecule has 53 heavy (non-hydrogen) atoms. The number of aromatic amines is 1. The Kier molecular flexibility index (Phi) is 7.89. The van der Waals surface area contributed by atoms with E-state index in [0.717, 1.165) is 57.3 Å². The van der Waals surface area contributed by atoms with Crippen molar-refractivity contribution in [3.8, 4) is 0 Å². The molecule has 10 aromatic rings. The lowest BCUT2D eigenvalue weighted by atomic mass is 9.83. The lowest BCUT2D eigenvalue weighted by Crippen LogP contribution is -2.17. The Labute approximate surface area is 312 Å². The third-order valence-electron chi connectivity index (χ3n) is 10.5. The van der Waals surface area contributed by atoms with E-state index in [-0.39, 0.29) is 5.92 Å². The topological polar surface area (TPSA) is 32.2 Å². The maximum atomic E-state index is 6.36. The number of hydrogen-bond donors (Lipinski definition) is 1. The molecule has 0 spiro atoms. The van der Waals surface area contributed by atoms with Crippen LogP contribution in [-0.2, 0) is 0 Å². The van der Waals surface area contributed by atoms with Crippen molar-refractivity contribution in [2.75, 3.05) is 11.4 Å². The zero-order chi connectivity index (χ0) is 35.1. The fraction of sp³-hybridized carbons (Fsp3) is 0.0612. The number of nitrogens with zero attached hydrogens (tertiary/aromatic N) is 1. The Morgan fingerprint density at radius 2 is 1.26 bits per heavy atom. The molecule has 0 aliphatic heterocycles. The number of fused-ring (bicyclic) bond motifs is 7. The van der Waals surface area contributed by atoms with Gasteiger partial charge in [-0.2, -0.15) is 0 Å². The molecule has 10 rings (SSSR count). The molecule has 7 aromatic carbocycles. The van der Waals surface area contributed by atoms with Crippen LogP contribution in [0.3, 0.4) is 0 Å². The fourth-order valence-corrected chi connectivity index (χ4v) is 9.02. The highest BCUT2D eigenvalue weighted by Gasteiger charge is 2.21. The largest absolute Gasteiger partial charge is 0.456 e. The van der Waals surface area contributed by atoms with Gasteiger partial charge in [-0.1, -0.05) is 121 Å². The Hall–Kier alpha value is -6.36. The Morgan fingerprint density at radius 1 is 0.585 bits per heavy atom. The quantitative estimate of drug-likeness (QED) is 0.152. The van der Waals surface area contributed by atoms with Gasteiger partial charge in [-0.3, -0.25) is 0 Å². The second kappa shape index (κ2) is 13.3. The van der Waals surface area contributed by atoms with Gasteiger partial charge in [0.25, 0.3) is 0 Å². The minimum atomic E-state index is 0.144. The van der Waals surface area contributed by atoms with E-state index in [0.29, 0.717) is 0 Å². The van der Waals surface area contributed by atoms with Gasteiger partial charge in [0.1, 0.15) is 11.2 Å². The van der Waals surface area contributed by atoms with E-state index in [1.807, 2.05) is 23.5 Å². The highest BCUT2D eigenvalue weighted by Crippen LogP contribution is 2.41. The third kappa shape index (κ3) is 5.69. The maximum absolute atomic E-state index is 6.36. The van der Waals surface area contributed by atoms with Gasteiger partial charge in [-0.05, 0) is 82.6 Å². The highest BCUT2D eigenvalue weighted by atomic mass is 32.1. The molecule has 0 amide bonds. The summed E-state index contributed by atoms with van der Waals surface area (Å²) < 4.78 is 7.67. The van der Waals surface area contributed by atoms with Crippen molar-refractivity contribution in [1.29, 1.82) is 0 Å². The van der Waals surface area contributed by atoms with Crippen LogP contribution in [0.1, 0.15) is 34.6 Å². The number of hydrogen-bond acceptors (Lipinski definition) is 3. The van der Waals surface area contributed by atoms with Gasteiger partial charge in [0, 0.05) is 72.6 Å². The molecule has 0 bridgehead atoms. The molecule has 0 unspecified atom stereocenters. The van der Waals surface area contributed by atoms with Crippen LogP contribution in [0.5, 0.6) is 0 Å². The minimum absolute atomic E-state index is 0.144. The standard InChI is InChI=1S/C49H36N2OS/c1-3-14-33(15-4-1)48(34-16-5-2-6-17-34)41-21-13-24-47-49(41)35(32-53-47)18-11-12-29-51(36-26-28-44-42(30-36)38-19-7-9-22-43(38)50-44)37-25-27-40-39-20-8-10-23-45(39)52-46(40)31-37/h1-11,13-28,30-32,48,50H,12,29H2/b18-11-. The molecular weight excluding hydrogens is 665 g/mol. The predicted octanol–water partition coefficient (Wildman–Crippen LogP) is 13.9. The number of benzene rings is 7. The third-order valence-corrected chi connectivity index (χ3v) is 11.5. The van der Waals surface area contributed by atoms with Crippen molar-refractivity contribution < 1.29 is 4.42 Å². The lowest BCUT2D eigenvalue weighted by molar-refractivity contribution is 0.669. The summed E-state index contributed by atoms with van der Waals surface area (Å²) >= 11 is 1.82. The van der Waals surface area contributed by atoms with Gasteiger partial charge in [0.05, 0.1) is 0 Å². The molecular formula is C49H36N2OS. The monoisotopic (exact) mass is 700 g/mol. The summed E-state index contributed by atoms with van der Waals surface area (Å²) in [5.41, 5.74) is 11.6. The number of thiophene rings is 1. The van der Waals surface area contributed by atoms with Crippen molar-refractivity contribution in [3.05, 3.63) is 198 Å². The SMILES string of the molecule is C(=C/c1csc2cccc(C(c3ccccc3)c3ccccc3)c12)/CCN(c1ccc2c(c1)oc1ccccc12)c1ccc2[nH]c3ccccc3c2c1. The number of nitrogens with one attached hydrogen (secondary N) is 1. The maximum Gasteiger partial charge on any atom is 0.137 e. The van der Waals surface area contributed by atoms with E-state index < -0.39 is 0 Å². The van der Waals surface area contributed by atoms with E-state index in [2.05, 4.69) is 179 Å². The summed E-state index contributed by atoms with van der Waals surface area (Å²) in [6.45, 7) is 0.807. The molecule has 3 heterocycles. The molecule has 0 saturated carbocycles. The number of rotatable bonds is 9. The molecule has 254 valence electrons. The van der Waals surface area contributed by atoms with Crippen LogP contribution in [0.2, 0.25) is 0 Å². The molecule has 0 radical (unpaired) electrons. The van der Waals surface area contributed by atoms with Gasteiger partial charge in [0.2, 0.25) is 0 Å². The zero-order valence-corrected chi connectivity index (χ0v) is 29.9. The number of para-hydroxylation sites is 2. The lowest BCUT2D eigenvalue weighted by Gasteiger charge is -2.25. The van der Waals surface area contributed by atoms with Crippen LogP contribution in [0, 0.1) is 0 Å². The molecule has 0 saturated heterocycles. The fourth-order valence-electron chi connectivity index (χ4n) is 8.05. The molecule has 4 heteroatoms. The van der Waals surface area contributed by atoms with Crippen molar-refractivity contribution in [2.24, 2.45) is 0 Å². The van der Waals surface area contributed by atoms with Gasteiger partial charge in [-0.25, -0.2) is 0 Å². The first-order valence-corrected chi connectivity index (χ1v) is 19.1. The Morgan fingerprint density at radius 3 is 2.09 bits per heavy atom. The van der Waals surface area contributed by atoms with Crippen LogP contribution in [0.15, 0.2) is 180 Å². The van der Waals surface area contributed by atoms with E-state index in [1.54, 1.807) is 0 Å². The summed E-state index contributed by atoms with van der Waals surface area (Å²) in [6, 6.07) is 58.8. The zero-order valence-electron chi connectivity index (χ0n) is 29.1. The summed E-state index contributed by atoms with van der Waals surface area (Å²) in [5, 5.41) is 8.40. The van der Waals surface area contributed by atoms with Gasteiger partial charge < -0.3 is 14.3 Å². The van der Waals surface area contributed by atoms with Crippen LogP contribution in [-0.4, -0.2) is 11.5 Å². The number of aromatic nitrogens is 1. The van der Waals surface area contributed by atoms with E-state index in [4.69, 9.17) is 4.42 Å². The molecule has 0 aliphatic rings. The average Bonchev–Trinajstić information content (AvgIpc) is 3.92. The van der Waals surface area contributed by atoms with Crippen molar-refractivity contribution in [1.82, 2.24) is 4.98 Å². The summed E-state index contributed by atoms with van der Waals surface area (Å²) in [4.78, 5) is 6.02. The number of H-pyrrole nitrogens is 1. The molecule has 0 fully saturated rings. The summed E-state index contributed by atoms with van der Waals surface area (Å²) in [7, 11) is 0. The second-order valence-corrected chi connectivity index (χ2v) is 14.6. The normalized spacial score (nSPS) is 12.0. The van der Waals surface area contributed by atoms with Crippen LogP contribution >= 0.6 is 11.3 Å². The van der Waals surface area contributed by atoms with Gasteiger partial charge in [0.15, 0.2) is 0 Å². The molecule has 3 nitrogen and oxygen atoms in total. The van der Waals surface area contributed by atoms with Crippen LogP contribution in [0.25, 0.3) is 59.9 Å². The second-order valence-electron chi connectivity index (χ2n) is 13.7. The smallest absolute Gasteiger partial charge is 0.137 e. The summed E-state index contributed by atoms with van der Waals surface area (Å²) in [6.07, 6.45) is 5.54. The van der Waals surface area contributed by atoms with Crippen LogP contribution in [0.4, 0.5) is 11.4 Å². The van der Waals surface area contributed by atoms with Crippen molar-refractivity contribution >= 4 is 82.6 Å². The van der Waals surface area contributed by atoms with Crippen molar-refractivity contribution in [2.45, 2.75) is 12.3 Å². The van der Waals surface area contributed by atoms with E-state index in [1.165, 1.54) is 43.1 Å². The predicted molar refractivity (Wildman–Crippen MR) is 226 cm³/mol. The van der Waals surface area contributed by atoms with Crippen molar-refractivity contribution in [3.63, 3.8) is 0 Å². The van der Waals surface area contributed by atoms with Gasteiger partial charge in [-0.15, -0.1) is 11.3 Å². The first-order valence-electron chi connectivity index (χ1n) is 18.2. The first-order chi connectivity index (χ1) is 26.3. The van der Waals surface area contributed by atoms with E-state index >= 15 is 0 Å². The summed E-state index contributed by atoms with van der Waals surface area (Å²) in [5.74, 6) is 0.144. The molecule has 3 aromatic heterocycles. The number of furan rings is 1. The van der Waals surface area contributed by atoms with Gasteiger partial charge >= 0.3 is 0 Å². The Bertz CT molecular complexity index is 2880. The minimum Gasteiger partial charge on any atom is -0.456 e. The molecule has 0 aliphatic carbocycles. The first kappa shape index (κ1) is 31.4. The molecule has 1 N–H and O–H groups in total. The number of anilines is 2. The Balaban J connectivity index is 1.02. The molecule has 0 atom stereocenters. The average molecular weight is 701 g/mol. The highest BCUT2D eigenvalue weighted by molar-refractivity contribution is 7.17. The van der Waals surface area contributed by atoms with Crippen LogP contribution < -0.4 is 4.90 Å². The van der Waals surface area contributed by atoms with E-state index in [9.17, 15) is 0 Å².